The molecule has 1 aliphatic heterocycles. The molecular formula is C15H19N3O3. The molecule has 3 rings (SSSR count). The summed E-state index contributed by atoms with van der Waals surface area (Å²) in [5.74, 6) is 2.02. The van der Waals surface area contributed by atoms with Crippen LogP contribution in [0.4, 0.5) is 0 Å². The zero-order chi connectivity index (χ0) is 14.5. The molecule has 0 amide bonds. The topological polar surface area (TPSA) is 69.4 Å². The molecule has 0 aliphatic carbocycles. The summed E-state index contributed by atoms with van der Waals surface area (Å²) in [6, 6.07) is 7.94. The summed E-state index contributed by atoms with van der Waals surface area (Å²) in [6.45, 7) is 4.89. The first kappa shape index (κ1) is 14.0. The van der Waals surface area contributed by atoms with Crippen LogP contribution in [0.1, 0.15) is 12.8 Å². The first-order valence-corrected chi connectivity index (χ1v) is 7.22. The van der Waals surface area contributed by atoms with Crippen molar-refractivity contribution in [2.75, 3.05) is 26.4 Å². The van der Waals surface area contributed by atoms with Crippen molar-refractivity contribution in [1.82, 2.24) is 15.5 Å². The van der Waals surface area contributed by atoms with Crippen molar-refractivity contribution in [3.8, 4) is 17.1 Å². The highest BCUT2D eigenvalue weighted by atomic mass is 16.5. The zero-order valence-corrected chi connectivity index (χ0v) is 12.0. The second kappa shape index (κ2) is 6.69. The summed E-state index contributed by atoms with van der Waals surface area (Å²) in [6.07, 6.45) is 0.679. The van der Waals surface area contributed by atoms with Crippen molar-refractivity contribution in [3.05, 3.63) is 30.2 Å². The van der Waals surface area contributed by atoms with E-state index in [0.717, 1.165) is 24.5 Å². The largest absolute Gasteiger partial charge is 0.494 e. The van der Waals surface area contributed by atoms with Crippen LogP contribution in [-0.4, -0.2) is 42.5 Å². The average Bonchev–Trinajstić information content (AvgIpc) is 2.97. The van der Waals surface area contributed by atoms with Crippen LogP contribution in [-0.2, 0) is 11.2 Å². The van der Waals surface area contributed by atoms with Crippen molar-refractivity contribution >= 4 is 0 Å². The smallest absolute Gasteiger partial charge is 0.228 e. The predicted molar refractivity (Wildman–Crippen MR) is 77.2 cm³/mol. The van der Waals surface area contributed by atoms with Crippen molar-refractivity contribution in [1.29, 1.82) is 0 Å². The molecule has 0 radical (unpaired) electrons. The van der Waals surface area contributed by atoms with Gasteiger partial charge in [-0.2, -0.15) is 4.98 Å². The third-order valence-corrected chi connectivity index (χ3v) is 3.29. The molecule has 0 bridgehead atoms. The Morgan fingerprint density at radius 2 is 2.38 bits per heavy atom. The summed E-state index contributed by atoms with van der Waals surface area (Å²) in [4.78, 5) is 4.45. The maximum absolute atomic E-state index is 5.48. The van der Waals surface area contributed by atoms with Crippen molar-refractivity contribution in [2.45, 2.75) is 19.4 Å². The van der Waals surface area contributed by atoms with Crippen LogP contribution in [0.5, 0.6) is 5.75 Å². The highest BCUT2D eigenvalue weighted by Crippen LogP contribution is 2.21. The van der Waals surface area contributed by atoms with Crippen molar-refractivity contribution in [3.63, 3.8) is 0 Å². The van der Waals surface area contributed by atoms with Crippen molar-refractivity contribution < 1.29 is 14.0 Å². The van der Waals surface area contributed by atoms with E-state index < -0.39 is 0 Å². The molecule has 2 heterocycles. The maximum Gasteiger partial charge on any atom is 0.228 e. The summed E-state index contributed by atoms with van der Waals surface area (Å²) in [5.41, 5.74) is 0.892. The van der Waals surface area contributed by atoms with Crippen LogP contribution in [0.15, 0.2) is 28.8 Å². The number of benzene rings is 1. The van der Waals surface area contributed by atoms with Crippen molar-refractivity contribution in [2.24, 2.45) is 0 Å². The van der Waals surface area contributed by atoms with Gasteiger partial charge in [0, 0.05) is 24.6 Å². The normalized spacial score (nSPS) is 18.6. The molecule has 112 valence electrons. The Kier molecular flexibility index (Phi) is 4.47. The average molecular weight is 289 g/mol. The Morgan fingerprint density at radius 3 is 3.19 bits per heavy atom. The molecule has 0 saturated carbocycles. The molecule has 1 aliphatic rings. The summed E-state index contributed by atoms with van der Waals surface area (Å²) in [5, 5.41) is 7.41. The number of nitrogens with zero attached hydrogens (tertiary/aromatic N) is 2. The number of rotatable bonds is 5. The molecule has 2 aromatic rings. The molecule has 1 aromatic heterocycles. The fourth-order valence-corrected chi connectivity index (χ4v) is 2.31. The van der Waals surface area contributed by atoms with Crippen LogP contribution in [0.3, 0.4) is 0 Å². The Hall–Kier alpha value is -1.92. The van der Waals surface area contributed by atoms with E-state index in [0.29, 0.717) is 31.3 Å². The van der Waals surface area contributed by atoms with E-state index in [2.05, 4.69) is 15.5 Å². The predicted octanol–water partition coefficient (Wildman–Crippen LogP) is 1.67. The van der Waals surface area contributed by atoms with Gasteiger partial charge in [0.1, 0.15) is 5.75 Å². The molecule has 1 saturated heterocycles. The van der Waals surface area contributed by atoms with E-state index in [1.165, 1.54) is 0 Å². The molecule has 1 fully saturated rings. The minimum absolute atomic E-state index is 0.238. The minimum Gasteiger partial charge on any atom is -0.494 e. The van der Waals surface area contributed by atoms with Gasteiger partial charge in [0.15, 0.2) is 0 Å². The highest BCUT2D eigenvalue weighted by Gasteiger charge is 2.18. The lowest BCUT2D eigenvalue weighted by atomic mass is 10.2. The van der Waals surface area contributed by atoms with Gasteiger partial charge >= 0.3 is 0 Å². The zero-order valence-electron chi connectivity index (χ0n) is 12.0. The lowest BCUT2D eigenvalue weighted by molar-refractivity contribution is 0.0744. The van der Waals surface area contributed by atoms with Crippen LogP contribution in [0.2, 0.25) is 0 Å². The monoisotopic (exact) mass is 289 g/mol. The van der Waals surface area contributed by atoms with Gasteiger partial charge in [-0.05, 0) is 19.1 Å². The standard InChI is InChI=1S/C15H19N3O3/c1-2-20-13-5-3-4-11(8-13)15-17-14(21-18-15)9-12-10-19-7-6-16-12/h3-5,8,12,16H,2,6-7,9-10H2,1H3. The number of aromatic nitrogens is 2. The Morgan fingerprint density at radius 1 is 1.43 bits per heavy atom. The Bertz CT molecular complexity index is 579. The molecule has 6 heteroatoms. The van der Waals surface area contributed by atoms with E-state index >= 15 is 0 Å². The second-order valence-electron chi connectivity index (χ2n) is 4.90. The molecule has 1 unspecified atom stereocenters. The van der Waals surface area contributed by atoms with Gasteiger partial charge in [-0.15, -0.1) is 0 Å². The summed E-state index contributed by atoms with van der Waals surface area (Å²) < 4.78 is 16.2. The third-order valence-electron chi connectivity index (χ3n) is 3.29. The Balaban J connectivity index is 1.70. The molecule has 0 spiro atoms. The van der Waals surface area contributed by atoms with Gasteiger partial charge in [0.25, 0.3) is 0 Å². The number of nitrogens with one attached hydrogen (secondary N) is 1. The molecule has 1 aromatic carbocycles. The first-order chi connectivity index (χ1) is 10.3. The van der Waals surface area contributed by atoms with E-state index in [4.69, 9.17) is 14.0 Å². The first-order valence-electron chi connectivity index (χ1n) is 7.22. The molecular weight excluding hydrogens is 270 g/mol. The number of hydrogen-bond acceptors (Lipinski definition) is 6. The Labute approximate surface area is 123 Å². The maximum atomic E-state index is 5.48. The van der Waals surface area contributed by atoms with Crippen LogP contribution in [0, 0.1) is 0 Å². The van der Waals surface area contributed by atoms with Gasteiger partial charge in [-0.3, -0.25) is 0 Å². The van der Waals surface area contributed by atoms with Gasteiger partial charge in [-0.1, -0.05) is 17.3 Å². The third kappa shape index (κ3) is 3.59. The molecule has 6 nitrogen and oxygen atoms in total. The van der Waals surface area contributed by atoms with E-state index in [1.54, 1.807) is 0 Å². The quantitative estimate of drug-likeness (QED) is 0.903. The molecule has 1 N–H and O–H groups in total. The highest BCUT2D eigenvalue weighted by molar-refractivity contribution is 5.56. The fourth-order valence-electron chi connectivity index (χ4n) is 2.31. The SMILES string of the molecule is CCOc1cccc(-c2noc(CC3COCCN3)n2)c1. The number of ether oxygens (including phenoxy) is 2. The van der Waals surface area contributed by atoms with Crippen LogP contribution < -0.4 is 10.1 Å². The fraction of sp³-hybridized carbons (Fsp3) is 0.467. The van der Waals surface area contributed by atoms with Crippen LogP contribution in [0.25, 0.3) is 11.4 Å². The van der Waals surface area contributed by atoms with Gasteiger partial charge in [0.2, 0.25) is 11.7 Å². The van der Waals surface area contributed by atoms with Crippen LogP contribution >= 0.6 is 0 Å². The molecule has 1 atom stereocenters. The molecule has 21 heavy (non-hydrogen) atoms. The van der Waals surface area contributed by atoms with E-state index in [-0.39, 0.29) is 6.04 Å². The van der Waals surface area contributed by atoms with Gasteiger partial charge < -0.3 is 19.3 Å². The summed E-state index contributed by atoms with van der Waals surface area (Å²) in [7, 11) is 0. The summed E-state index contributed by atoms with van der Waals surface area (Å²) >= 11 is 0. The van der Waals surface area contributed by atoms with E-state index in [9.17, 15) is 0 Å². The van der Waals surface area contributed by atoms with Gasteiger partial charge in [0.05, 0.1) is 19.8 Å². The van der Waals surface area contributed by atoms with Gasteiger partial charge in [-0.25, -0.2) is 0 Å². The number of hydrogen-bond donors (Lipinski definition) is 1. The lowest BCUT2D eigenvalue weighted by Gasteiger charge is -2.22. The second-order valence-corrected chi connectivity index (χ2v) is 4.90. The number of morpholine rings is 1. The minimum atomic E-state index is 0.238. The van der Waals surface area contributed by atoms with E-state index in [1.807, 2.05) is 31.2 Å². The lowest BCUT2D eigenvalue weighted by Crippen LogP contribution is -2.42.